The maximum absolute atomic E-state index is 12.1. The highest BCUT2D eigenvalue weighted by Crippen LogP contribution is 2.37. The maximum Gasteiger partial charge on any atom is 0.242 e. The Morgan fingerprint density at radius 1 is 1.40 bits per heavy atom. The van der Waals surface area contributed by atoms with Crippen LogP contribution in [0.2, 0.25) is 0 Å². The molecule has 0 saturated carbocycles. The minimum Gasteiger partial charge on any atom is -0.357 e. The monoisotopic (exact) mass is 385 g/mol. The molecule has 1 atom stereocenters. The Labute approximate surface area is 154 Å². The molecule has 0 spiro atoms. The van der Waals surface area contributed by atoms with E-state index in [9.17, 15) is 8.42 Å². The van der Waals surface area contributed by atoms with Crippen molar-refractivity contribution in [2.75, 3.05) is 31.9 Å². The van der Waals surface area contributed by atoms with Crippen molar-refractivity contribution in [3.05, 3.63) is 24.5 Å². The first-order valence-electron chi connectivity index (χ1n) is 8.51. The quantitative estimate of drug-likeness (QED) is 0.354. The minimum atomic E-state index is -3.52. The molecule has 1 aromatic rings. The van der Waals surface area contributed by atoms with Crippen molar-refractivity contribution in [1.29, 1.82) is 0 Å². The van der Waals surface area contributed by atoms with Gasteiger partial charge in [0.25, 0.3) is 0 Å². The minimum absolute atomic E-state index is 0.168. The Morgan fingerprint density at radius 3 is 2.88 bits per heavy atom. The number of rotatable bonds is 8. The summed E-state index contributed by atoms with van der Waals surface area (Å²) < 4.78 is 27.0. The largest absolute Gasteiger partial charge is 0.357 e. The van der Waals surface area contributed by atoms with E-state index in [1.54, 1.807) is 12.3 Å². The molecule has 2 heterocycles. The molecule has 9 heteroatoms. The molecule has 0 amide bonds. The van der Waals surface area contributed by atoms with Crippen LogP contribution in [0.5, 0.6) is 0 Å². The smallest absolute Gasteiger partial charge is 0.242 e. The Kier molecular flexibility index (Phi) is 7.52. The summed E-state index contributed by atoms with van der Waals surface area (Å²) in [7, 11) is -3.52. The van der Waals surface area contributed by atoms with Crippen molar-refractivity contribution in [2.45, 2.75) is 36.3 Å². The second-order valence-electron chi connectivity index (χ2n) is 6.11. The summed E-state index contributed by atoms with van der Waals surface area (Å²) in [6.45, 7) is 6.50. The SMILES string of the molecule is CCNC(=NCC1(C)CCCS1)NCCNS(=O)(=O)c1cccnc1. The van der Waals surface area contributed by atoms with Crippen LogP contribution in [0.3, 0.4) is 0 Å². The van der Waals surface area contributed by atoms with Gasteiger partial charge in [0, 0.05) is 36.8 Å². The van der Waals surface area contributed by atoms with E-state index in [1.165, 1.54) is 30.9 Å². The molecule has 7 nitrogen and oxygen atoms in total. The Balaban J connectivity index is 1.81. The molecule has 1 aromatic heterocycles. The van der Waals surface area contributed by atoms with Gasteiger partial charge in [-0.25, -0.2) is 13.1 Å². The fraction of sp³-hybridized carbons (Fsp3) is 0.625. The highest BCUT2D eigenvalue weighted by Gasteiger charge is 2.29. The first-order valence-corrected chi connectivity index (χ1v) is 11.0. The third-order valence-corrected chi connectivity index (χ3v) is 6.84. The van der Waals surface area contributed by atoms with Gasteiger partial charge < -0.3 is 10.6 Å². The number of thioether (sulfide) groups is 1. The van der Waals surface area contributed by atoms with E-state index < -0.39 is 10.0 Å². The summed E-state index contributed by atoms with van der Waals surface area (Å²) in [5, 5.41) is 6.37. The van der Waals surface area contributed by atoms with Crippen molar-refractivity contribution >= 4 is 27.7 Å². The third-order valence-electron chi connectivity index (χ3n) is 3.87. The van der Waals surface area contributed by atoms with Crippen LogP contribution in [0.25, 0.3) is 0 Å². The van der Waals surface area contributed by atoms with Gasteiger partial charge in [-0.2, -0.15) is 11.8 Å². The molecule has 2 rings (SSSR count). The number of guanidine groups is 1. The topological polar surface area (TPSA) is 95.5 Å². The molecule has 1 fully saturated rings. The Morgan fingerprint density at radius 2 is 2.24 bits per heavy atom. The summed E-state index contributed by atoms with van der Waals surface area (Å²) in [6.07, 6.45) is 5.31. The van der Waals surface area contributed by atoms with Crippen molar-refractivity contribution in [3.8, 4) is 0 Å². The number of pyridine rings is 1. The first kappa shape index (κ1) is 20.0. The number of aliphatic imine (C=N–C) groups is 1. The van der Waals surface area contributed by atoms with Crippen LogP contribution in [0, 0.1) is 0 Å². The molecule has 0 radical (unpaired) electrons. The molecular weight excluding hydrogens is 358 g/mol. The van der Waals surface area contributed by atoms with E-state index in [2.05, 4.69) is 32.3 Å². The second kappa shape index (κ2) is 9.40. The van der Waals surface area contributed by atoms with Crippen LogP contribution >= 0.6 is 11.8 Å². The standard InChI is InChI=1S/C16H27N5O2S2/c1-3-18-15(20-13-16(2)7-5-11-24-16)19-9-10-21-25(22,23)14-6-4-8-17-12-14/h4,6,8,12,21H,3,5,7,9-11,13H2,1-2H3,(H2,18,19,20). The number of hydrogen-bond donors (Lipinski definition) is 3. The predicted octanol–water partition coefficient (Wildman–Crippen LogP) is 1.20. The van der Waals surface area contributed by atoms with Gasteiger partial charge >= 0.3 is 0 Å². The second-order valence-corrected chi connectivity index (χ2v) is 9.56. The van der Waals surface area contributed by atoms with Crippen LogP contribution in [0.15, 0.2) is 34.4 Å². The molecule has 0 aliphatic carbocycles. The number of nitrogens with one attached hydrogen (secondary N) is 3. The molecule has 1 saturated heterocycles. The van der Waals surface area contributed by atoms with Crippen LogP contribution in [-0.4, -0.2) is 56.0 Å². The number of sulfonamides is 1. The van der Waals surface area contributed by atoms with E-state index in [-0.39, 0.29) is 16.2 Å². The van der Waals surface area contributed by atoms with Gasteiger partial charge in [0.15, 0.2) is 5.96 Å². The zero-order chi connectivity index (χ0) is 18.2. The number of hydrogen-bond acceptors (Lipinski definition) is 5. The van der Waals surface area contributed by atoms with Gasteiger partial charge in [0.1, 0.15) is 4.90 Å². The summed E-state index contributed by atoms with van der Waals surface area (Å²) in [5.41, 5.74) is 0. The normalized spacial score (nSPS) is 21.3. The fourth-order valence-electron chi connectivity index (χ4n) is 2.51. The molecule has 0 aromatic carbocycles. The van der Waals surface area contributed by atoms with Crippen LogP contribution < -0.4 is 15.4 Å². The average Bonchev–Trinajstić information content (AvgIpc) is 3.04. The Hall–Kier alpha value is -1.32. The zero-order valence-corrected chi connectivity index (χ0v) is 16.4. The fourth-order valence-corrected chi connectivity index (χ4v) is 4.73. The lowest BCUT2D eigenvalue weighted by molar-refractivity contribution is 0.580. The maximum atomic E-state index is 12.1. The van der Waals surface area contributed by atoms with Crippen molar-refractivity contribution in [1.82, 2.24) is 20.3 Å². The third kappa shape index (κ3) is 6.48. The molecule has 140 valence electrons. The molecule has 1 unspecified atom stereocenters. The summed E-state index contributed by atoms with van der Waals surface area (Å²) in [4.78, 5) is 8.65. The van der Waals surface area contributed by atoms with E-state index in [0.29, 0.717) is 6.54 Å². The van der Waals surface area contributed by atoms with Crippen molar-refractivity contribution in [3.63, 3.8) is 0 Å². The first-order chi connectivity index (χ1) is 12.0. The van der Waals surface area contributed by atoms with Crippen LogP contribution in [0.4, 0.5) is 0 Å². The summed E-state index contributed by atoms with van der Waals surface area (Å²) in [6, 6.07) is 3.12. The highest BCUT2D eigenvalue weighted by atomic mass is 32.2. The molecular formula is C16H27N5O2S2. The summed E-state index contributed by atoms with van der Waals surface area (Å²) in [5.74, 6) is 1.92. The van der Waals surface area contributed by atoms with E-state index in [4.69, 9.17) is 0 Å². The van der Waals surface area contributed by atoms with Gasteiger partial charge in [-0.1, -0.05) is 0 Å². The average molecular weight is 386 g/mol. The summed E-state index contributed by atoms with van der Waals surface area (Å²) >= 11 is 1.97. The van der Waals surface area contributed by atoms with Gasteiger partial charge in [-0.05, 0) is 44.6 Å². The highest BCUT2D eigenvalue weighted by molar-refractivity contribution is 8.00. The van der Waals surface area contributed by atoms with E-state index in [0.717, 1.165) is 19.0 Å². The van der Waals surface area contributed by atoms with Gasteiger partial charge in [0.2, 0.25) is 10.0 Å². The van der Waals surface area contributed by atoms with E-state index in [1.807, 2.05) is 18.7 Å². The Bertz CT molecular complexity index is 658. The molecule has 25 heavy (non-hydrogen) atoms. The van der Waals surface area contributed by atoms with E-state index >= 15 is 0 Å². The number of nitrogens with zero attached hydrogens (tertiary/aromatic N) is 2. The van der Waals surface area contributed by atoms with Crippen molar-refractivity contribution in [2.24, 2.45) is 4.99 Å². The lowest BCUT2D eigenvalue weighted by atomic mass is 10.1. The van der Waals surface area contributed by atoms with Gasteiger partial charge in [-0.15, -0.1) is 0 Å². The predicted molar refractivity (Wildman–Crippen MR) is 104 cm³/mol. The molecule has 3 N–H and O–H groups in total. The van der Waals surface area contributed by atoms with Gasteiger partial charge in [0.05, 0.1) is 6.54 Å². The zero-order valence-electron chi connectivity index (χ0n) is 14.8. The number of aromatic nitrogens is 1. The molecule has 0 bridgehead atoms. The molecule has 1 aliphatic rings. The lowest BCUT2D eigenvalue weighted by Crippen LogP contribution is -2.42. The van der Waals surface area contributed by atoms with Crippen LogP contribution in [0.1, 0.15) is 26.7 Å². The van der Waals surface area contributed by atoms with Gasteiger partial charge in [-0.3, -0.25) is 9.98 Å². The molecule has 1 aliphatic heterocycles. The lowest BCUT2D eigenvalue weighted by Gasteiger charge is -2.21. The van der Waals surface area contributed by atoms with Crippen LogP contribution in [-0.2, 0) is 10.0 Å². The van der Waals surface area contributed by atoms with Crippen molar-refractivity contribution < 1.29 is 8.42 Å².